The van der Waals surface area contributed by atoms with Crippen LogP contribution in [0.2, 0.25) is 0 Å². The van der Waals surface area contributed by atoms with Crippen LogP contribution >= 0.6 is 0 Å². The number of rotatable bonds is 1. The highest BCUT2D eigenvalue weighted by molar-refractivity contribution is 5.43. The second-order valence-corrected chi connectivity index (χ2v) is 4.77. The Morgan fingerprint density at radius 2 is 1.76 bits per heavy atom. The second-order valence-electron chi connectivity index (χ2n) is 4.77. The predicted molar refractivity (Wildman–Crippen MR) is 60.3 cm³/mol. The normalized spacial score (nSPS) is 18.6. The van der Waals surface area contributed by atoms with E-state index in [1.807, 2.05) is 0 Å². The number of nitrogens with zero attached hydrogens (tertiary/aromatic N) is 3. The third kappa shape index (κ3) is 2.50. The van der Waals surface area contributed by atoms with Gasteiger partial charge in [-0.25, -0.2) is 4.98 Å². The SMILES string of the molecule is N#Cc1ccc(N2CCC(C(F)(F)F)(C(F)(F)F)C2)nc1. The molecule has 0 bridgehead atoms. The molecule has 2 heterocycles. The Kier molecular flexibility index (Phi) is 3.51. The Labute approximate surface area is 115 Å². The van der Waals surface area contributed by atoms with Crippen molar-refractivity contribution >= 4 is 5.82 Å². The molecule has 1 fully saturated rings. The van der Waals surface area contributed by atoms with Gasteiger partial charge in [0.25, 0.3) is 0 Å². The fourth-order valence-electron chi connectivity index (χ4n) is 2.27. The van der Waals surface area contributed by atoms with Crippen LogP contribution < -0.4 is 4.90 Å². The zero-order valence-electron chi connectivity index (χ0n) is 10.5. The number of anilines is 1. The van der Waals surface area contributed by atoms with Crippen LogP contribution in [0.5, 0.6) is 0 Å². The quantitative estimate of drug-likeness (QED) is 0.748. The van der Waals surface area contributed by atoms with Gasteiger partial charge in [-0.15, -0.1) is 0 Å². The van der Waals surface area contributed by atoms with Crippen LogP contribution in [0, 0.1) is 16.7 Å². The van der Waals surface area contributed by atoms with Gasteiger partial charge in [0, 0.05) is 19.3 Å². The van der Waals surface area contributed by atoms with Gasteiger partial charge < -0.3 is 4.90 Å². The Hall–Kier alpha value is -1.98. The highest BCUT2D eigenvalue weighted by Crippen LogP contribution is 2.55. The van der Waals surface area contributed by atoms with Crippen LogP contribution in [-0.4, -0.2) is 30.4 Å². The highest BCUT2D eigenvalue weighted by atomic mass is 19.4. The number of aromatic nitrogens is 1. The number of nitriles is 1. The topological polar surface area (TPSA) is 39.9 Å². The molecular weight excluding hydrogens is 300 g/mol. The number of pyridine rings is 1. The lowest BCUT2D eigenvalue weighted by Gasteiger charge is -2.33. The molecule has 0 saturated carbocycles. The summed E-state index contributed by atoms with van der Waals surface area (Å²) in [4.78, 5) is 4.66. The van der Waals surface area contributed by atoms with E-state index in [-0.39, 0.29) is 11.4 Å². The van der Waals surface area contributed by atoms with Crippen molar-refractivity contribution in [3.8, 4) is 6.07 Å². The molecule has 21 heavy (non-hydrogen) atoms. The Bertz CT molecular complexity index is 540. The summed E-state index contributed by atoms with van der Waals surface area (Å²) in [6, 6.07) is 4.30. The van der Waals surface area contributed by atoms with Crippen LogP contribution in [0.25, 0.3) is 0 Å². The Morgan fingerprint density at radius 3 is 2.14 bits per heavy atom. The lowest BCUT2D eigenvalue weighted by atomic mass is 9.85. The molecule has 0 radical (unpaired) electrons. The summed E-state index contributed by atoms with van der Waals surface area (Å²) in [5.74, 6) is -0.00984. The molecule has 0 atom stereocenters. The van der Waals surface area contributed by atoms with Gasteiger partial charge in [0.2, 0.25) is 0 Å². The van der Waals surface area contributed by atoms with Crippen molar-refractivity contribution in [3.63, 3.8) is 0 Å². The van der Waals surface area contributed by atoms with Crippen molar-refractivity contribution < 1.29 is 26.3 Å². The third-order valence-electron chi connectivity index (χ3n) is 3.56. The maximum Gasteiger partial charge on any atom is 0.404 e. The summed E-state index contributed by atoms with van der Waals surface area (Å²) in [5.41, 5.74) is -3.56. The van der Waals surface area contributed by atoms with Crippen LogP contribution in [0.1, 0.15) is 12.0 Å². The summed E-state index contributed by atoms with van der Waals surface area (Å²) >= 11 is 0. The molecule has 1 aliphatic rings. The van der Waals surface area contributed by atoms with Crippen molar-refractivity contribution in [2.24, 2.45) is 5.41 Å². The number of halogens is 6. The van der Waals surface area contributed by atoms with Crippen LogP contribution in [0.4, 0.5) is 32.2 Å². The zero-order chi connectivity index (χ0) is 15.9. The molecule has 0 amide bonds. The third-order valence-corrected chi connectivity index (χ3v) is 3.56. The first kappa shape index (κ1) is 15.4. The van der Waals surface area contributed by atoms with Crippen molar-refractivity contribution in [1.82, 2.24) is 4.98 Å². The second kappa shape index (κ2) is 4.79. The Morgan fingerprint density at radius 1 is 1.14 bits per heavy atom. The first-order chi connectivity index (χ1) is 9.61. The van der Waals surface area contributed by atoms with E-state index in [1.165, 1.54) is 12.1 Å². The fraction of sp³-hybridized carbons (Fsp3) is 0.500. The van der Waals surface area contributed by atoms with Crippen molar-refractivity contribution in [2.75, 3.05) is 18.0 Å². The first-order valence-corrected chi connectivity index (χ1v) is 5.85. The van der Waals surface area contributed by atoms with Gasteiger partial charge in [0.05, 0.1) is 5.56 Å². The molecule has 2 rings (SSSR count). The number of alkyl halides is 6. The fourth-order valence-corrected chi connectivity index (χ4v) is 2.27. The van der Waals surface area contributed by atoms with Gasteiger partial charge in [-0.2, -0.15) is 31.6 Å². The smallest absolute Gasteiger partial charge is 0.355 e. The van der Waals surface area contributed by atoms with Crippen molar-refractivity contribution in [1.29, 1.82) is 5.26 Å². The average molecular weight is 309 g/mol. The van der Waals surface area contributed by atoms with Crippen LogP contribution in [0.3, 0.4) is 0 Å². The molecular formula is C12H9F6N3. The minimum absolute atomic E-state index is 0.00984. The van der Waals surface area contributed by atoms with Gasteiger partial charge in [-0.05, 0) is 18.6 Å². The predicted octanol–water partition coefficient (Wildman–Crippen LogP) is 3.27. The van der Waals surface area contributed by atoms with Gasteiger partial charge >= 0.3 is 12.4 Å². The standard InChI is InChI=1S/C12H9F6N3/c13-11(14,15)10(12(16,17)18)3-4-21(7-10)9-2-1-8(5-19)6-20-9/h1-2,6H,3-4,7H2. The summed E-state index contributed by atoms with van der Waals surface area (Å²) < 4.78 is 77.5. The van der Waals surface area contributed by atoms with Gasteiger partial charge in [0.1, 0.15) is 11.9 Å². The minimum atomic E-state index is -5.38. The van der Waals surface area contributed by atoms with Crippen LogP contribution in [-0.2, 0) is 0 Å². The summed E-state index contributed by atoms with van der Waals surface area (Å²) in [6.07, 6.45) is -10.7. The van der Waals surface area contributed by atoms with Crippen molar-refractivity contribution in [2.45, 2.75) is 18.8 Å². The largest absolute Gasteiger partial charge is 0.404 e. The molecule has 114 valence electrons. The lowest BCUT2D eigenvalue weighted by molar-refractivity contribution is -0.332. The maximum absolute atomic E-state index is 12.9. The summed E-state index contributed by atoms with van der Waals surface area (Å²) in [6.45, 7) is -1.63. The van der Waals surface area contributed by atoms with E-state index in [0.717, 1.165) is 11.1 Å². The molecule has 3 nitrogen and oxygen atoms in total. The zero-order valence-corrected chi connectivity index (χ0v) is 10.5. The van der Waals surface area contributed by atoms with Gasteiger partial charge in [0.15, 0.2) is 5.41 Å². The number of hydrogen-bond donors (Lipinski definition) is 0. The Balaban J connectivity index is 2.30. The minimum Gasteiger partial charge on any atom is -0.355 e. The van der Waals surface area contributed by atoms with E-state index in [0.29, 0.717) is 0 Å². The maximum atomic E-state index is 12.9. The number of hydrogen-bond acceptors (Lipinski definition) is 3. The molecule has 0 aromatic carbocycles. The van der Waals surface area contributed by atoms with Gasteiger partial charge in [-0.3, -0.25) is 0 Å². The molecule has 1 saturated heterocycles. The molecule has 0 aliphatic carbocycles. The van der Waals surface area contributed by atoms with E-state index in [4.69, 9.17) is 5.26 Å². The highest BCUT2D eigenvalue weighted by Gasteiger charge is 2.72. The summed E-state index contributed by atoms with van der Waals surface area (Å²) in [5, 5.41) is 8.59. The molecule has 0 N–H and O–H groups in total. The van der Waals surface area contributed by atoms with E-state index in [9.17, 15) is 26.3 Å². The molecule has 0 unspecified atom stereocenters. The van der Waals surface area contributed by atoms with E-state index in [2.05, 4.69) is 4.98 Å². The molecule has 1 aromatic rings. The van der Waals surface area contributed by atoms with E-state index >= 15 is 0 Å². The average Bonchev–Trinajstić information content (AvgIpc) is 2.84. The molecule has 1 aliphatic heterocycles. The monoisotopic (exact) mass is 309 g/mol. The first-order valence-electron chi connectivity index (χ1n) is 5.85. The molecule has 1 aromatic heterocycles. The molecule has 0 spiro atoms. The van der Waals surface area contributed by atoms with Gasteiger partial charge in [-0.1, -0.05) is 0 Å². The van der Waals surface area contributed by atoms with Crippen LogP contribution in [0.15, 0.2) is 18.3 Å². The molecule has 9 heteroatoms. The van der Waals surface area contributed by atoms with Crippen molar-refractivity contribution in [3.05, 3.63) is 23.9 Å². The lowest BCUT2D eigenvalue weighted by Crippen LogP contribution is -2.51. The van der Waals surface area contributed by atoms with E-state index < -0.39 is 37.3 Å². The van der Waals surface area contributed by atoms with E-state index in [1.54, 1.807) is 6.07 Å². The summed E-state index contributed by atoms with van der Waals surface area (Å²) in [7, 11) is 0.